The van der Waals surface area contributed by atoms with Crippen LogP contribution in [0.3, 0.4) is 0 Å². The van der Waals surface area contributed by atoms with Gasteiger partial charge in [0.1, 0.15) is 0 Å². The molecule has 28 heavy (non-hydrogen) atoms. The second kappa shape index (κ2) is 8.65. The predicted molar refractivity (Wildman–Crippen MR) is 111 cm³/mol. The molecule has 0 aliphatic carbocycles. The molecule has 2 atom stereocenters. The van der Waals surface area contributed by atoms with Crippen molar-refractivity contribution >= 4 is 5.91 Å². The van der Waals surface area contributed by atoms with Crippen LogP contribution in [0, 0.1) is 6.92 Å². The fraction of sp³-hybridized carbons (Fsp3) is 0.435. The predicted octanol–water partition coefficient (Wildman–Crippen LogP) is 3.75. The van der Waals surface area contributed by atoms with E-state index in [-0.39, 0.29) is 18.0 Å². The first-order valence-electron chi connectivity index (χ1n) is 9.85. The van der Waals surface area contributed by atoms with Gasteiger partial charge in [-0.1, -0.05) is 25.1 Å². The van der Waals surface area contributed by atoms with Gasteiger partial charge in [0.15, 0.2) is 11.5 Å². The van der Waals surface area contributed by atoms with Crippen LogP contribution in [-0.2, 0) is 6.42 Å². The minimum Gasteiger partial charge on any atom is -0.493 e. The maximum Gasteiger partial charge on any atom is 0.251 e. The summed E-state index contributed by atoms with van der Waals surface area (Å²) in [5.74, 6) is 1.44. The average molecular weight is 383 g/mol. The second-order valence-electron chi connectivity index (χ2n) is 7.31. The first-order chi connectivity index (χ1) is 13.5. The van der Waals surface area contributed by atoms with E-state index in [1.165, 1.54) is 11.1 Å². The molecule has 150 valence electrons. The zero-order valence-corrected chi connectivity index (χ0v) is 17.4. The molecule has 0 unspecified atom stereocenters. The third-order valence-electron chi connectivity index (χ3n) is 5.65. The number of rotatable bonds is 6. The van der Waals surface area contributed by atoms with Gasteiger partial charge >= 0.3 is 0 Å². The Kier molecular flexibility index (Phi) is 6.25. The van der Waals surface area contributed by atoms with Crippen molar-refractivity contribution in [2.45, 2.75) is 39.3 Å². The van der Waals surface area contributed by atoms with Gasteiger partial charge in [-0.3, -0.25) is 9.69 Å². The van der Waals surface area contributed by atoms with Crippen LogP contribution in [0.4, 0.5) is 0 Å². The van der Waals surface area contributed by atoms with Crippen molar-refractivity contribution in [3.8, 4) is 11.5 Å². The fourth-order valence-corrected chi connectivity index (χ4v) is 4.16. The Labute approximate surface area is 167 Å². The van der Waals surface area contributed by atoms with E-state index in [1.54, 1.807) is 14.2 Å². The summed E-state index contributed by atoms with van der Waals surface area (Å²) in [4.78, 5) is 15.3. The summed E-state index contributed by atoms with van der Waals surface area (Å²) < 4.78 is 11.0. The third kappa shape index (κ3) is 3.85. The Bertz CT molecular complexity index is 850. The molecule has 1 heterocycles. The molecule has 1 amide bonds. The number of carbonyl (C=O) groups excluding carboxylic acids is 1. The van der Waals surface area contributed by atoms with Crippen LogP contribution in [0.5, 0.6) is 11.5 Å². The van der Waals surface area contributed by atoms with Crippen LogP contribution in [0.25, 0.3) is 0 Å². The van der Waals surface area contributed by atoms with Crippen LogP contribution in [0.2, 0.25) is 0 Å². The van der Waals surface area contributed by atoms with Crippen molar-refractivity contribution in [1.82, 2.24) is 10.2 Å². The molecule has 0 spiro atoms. The minimum atomic E-state index is -0.0517. The summed E-state index contributed by atoms with van der Waals surface area (Å²) in [6.45, 7) is 8.08. The van der Waals surface area contributed by atoms with Gasteiger partial charge < -0.3 is 14.8 Å². The number of hydrogen-bond acceptors (Lipinski definition) is 4. The first-order valence-corrected chi connectivity index (χ1v) is 9.85. The lowest BCUT2D eigenvalue weighted by atomic mass is 9.88. The average Bonchev–Trinajstić information content (AvgIpc) is 2.71. The van der Waals surface area contributed by atoms with E-state index in [2.05, 4.69) is 36.2 Å². The summed E-state index contributed by atoms with van der Waals surface area (Å²) in [7, 11) is 3.32. The maximum absolute atomic E-state index is 12.9. The highest BCUT2D eigenvalue weighted by molar-refractivity contribution is 5.95. The Morgan fingerprint density at radius 1 is 1.21 bits per heavy atom. The van der Waals surface area contributed by atoms with Gasteiger partial charge in [0, 0.05) is 18.2 Å². The summed E-state index contributed by atoms with van der Waals surface area (Å²) in [5.41, 5.74) is 4.16. The van der Waals surface area contributed by atoms with E-state index in [1.807, 2.05) is 31.2 Å². The Hall–Kier alpha value is -2.53. The van der Waals surface area contributed by atoms with Crippen molar-refractivity contribution in [2.75, 3.05) is 27.3 Å². The van der Waals surface area contributed by atoms with Crippen molar-refractivity contribution in [2.24, 2.45) is 0 Å². The van der Waals surface area contributed by atoms with Gasteiger partial charge in [0.2, 0.25) is 0 Å². The number of ether oxygens (including phenoxy) is 2. The molecular weight excluding hydrogens is 352 g/mol. The summed E-state index contributed by atoms with van der Waals surface area (Å²) in [6, 6.07) is 11.9. The van der Waals surface area contributed by atoms with Crippen LogP contribution < -0.4 is 14.8 Å². The molecule has 1 aliphatic heterocycles. The highest BCUT2D eigenvalue weighted by Crippen LogP contribution is 2.39. The minimum absolute atomic E-state index is 0.0331. The van der Waals surface area contributed by atoms with Gasteiger partial charge in [-0.2, -0.15) is 0 Å². The summed E-state index contributed by atoms with van der Waals surface area (Å²) >= 11 is 0. The number of nitrogens with one attached hydrogen (secondary N) is 1. The Morgan fingerprint density at radius 3 is 2.54 bits per heavy atom. The number of fused-ring (bicyclic) bond motifs is 1. The molecule has 0 saturated heterocycles. The topological polar surface area (TPSA) is 50.8 Å². The highest BCUT2D eigenvalue weighted by atomic mass is 16.5. The molecule has 0 fully saturated rings. The van der Waals surface area contributed by atoms with Gasteiger partial charge in [-0.15, -0.1) is 0 Å². The summed E-state index contributed by atoms with van der Waals surface area (Å²) in [6.07, 6.45) is 0.957. The van der Waals surface area contributed by atoms with Crippen LogP contribution in [0.15, 0.2) is 36.4 Å². The smallest absolute Gasteiger partial charge is 0.251 e. The van der Waals surface area contributed by atoms with E-state index in [0.717, 1.165) is 42.1 Å². The lowest BCUT2D eigenvalue weighted by Gasteiger charge is -2.40. The number of amides is 1. The molecule has 5 nitrogen and oxygen atoms in total. The molecular formula is C23H30N2O3. The second-order valence-corrected chi connectivity index (χ2v) is 7.31. The van der Waals surface area contributed by atoms with E-state index in [0.29, 0.717) is 0 Å². The molecule has 0 saturated carbocycles. The van der Waals surface area contributed by atoms with Crippen LogP contribution >= 0.6 is 0 Å². The third-order valence-corrected chi connectivity index (χ3v) is 5.65. The summed E-state index contributed by atoms with van der Waals surface area (Å²) in [5, 5.41) is 3.23. The number of nitrogens with zero attached hydrogens (tertiary/aromatic N) is 1. The van der Waals surface area contributed by atoms with Gasteiger partial charge in [0.25, 0.3) is 5.91 Å². The number of hydrogen-bond donors (Lipinski definition) is 1. The van der Waals surface area contributed by atoms with E-state index < -0.39 is 0 Å². The number of methoxy groups -OCH3 is 2. The SMILES string of the molecule is CCN1CCc2cc(OC)c(OC)cc2[C@H]1[C@@H](C)NC(=O)c1ccccc1C. The van der Waals surface area contributed by atoms with Crippen molar-refractivity contribution in [3.63, 3.8) is 0 Å². The normalized spacial score (nSPS) is 17.5. The molecule has 2 aromatic carbocycles. The number of aryl methyl sites for hydroxylation is 1. The van der Waals surface area contributed by atoms with Gasteiger partial charge in [-0.05, 0) is 61.7 Å². The first kappa shape index (κ1) is 20.2. The van der Waals surface area contributed by atoms with Crippen LogP contribution in [0.1, 0.15) is 46.9 Å². The van der Waals surface area contributed by atoms with E-state index >= 15 is 0 Å². The molecule has 1 aliphatic rings. The highest BCUT2D eigenvalue weighted by Gasteiger charge is 2.33. The van der Waals surface area contributed by atoms with Gasteiger partial charge in [0.05, 0.1) is 20.3 Å². The lowest BCUT2D eigenvalue weighted by molar-refractivity contribution is 0.0889. The zero-order chi connectivity index (χ0) is 20.3. The standard InChI is InChI=1S/C23H30N2O3/c1-6-25-12-11-17-13-20(27-4)21(28-5)14-19(17)22(25)16(3)24-23(26)18-10-8-7-9-15(18)2/h7-10,13-14,16,22H,6,11-12H2,1-5H3,(H,24,26)/t16-,22-/m1/s1. The van der Waals surface area contributed by atoms with Gasteiger partial charge in [-0.25, -0.2) is 0 Å². The zero-order valence-electron chi connectivity index (χ0n) is 17.4. The molecule has 0 bridgehead atoms. The van der Waals surface area contributed by atoms with E-state index in [4.69, 9.17) is 9.47 Å². The fourth-order valence-electron chi connectivity index (χ4n) is 4.16. The lowest BCUT2D eigenvalue weighted by Crippen LogP contribution is -2.47. The van der Waals surface area contributed by atoms with Crippen molar-refractivity contribution in [1.29, 1.82) is 0 Å². The molecule has 2 aromatic rings. The number of carbonyl (C=O) groups is 1. The molecule has 3 rings (SSSR count). The van der Waals surface area contributed by atoms with E-state index in [9.17, 15) is 4.79 Å². The molecule has 5 heteroatoms. The Balaban J connectivity index is 1.93. The van der Waals surface area contributed by atoms with Crippen LogP contribution in [-0.4, -0.2) is 44.2 Å². The Morgan fingerprint density at radius 2 is 1.89 bits per heavy atom. The maximum atomic E-state index is 12.9. The van der Waals surface area contributed by atoms with Crippen molar-refractivity contribution in [3.05, 3.63) is 58.7 Å². The largest absolute Gasteiger partial charge is 0.493 e. The monoisotopic (exact) mass is 382 g/mol. The molecule has 0 radical (unpaired) electrons. The number of benzene rings is 2. The molecule has 0 aromatic heterocycles. The van der Waals surface area contributed by atoms with Crippen molar-refractivity contribution < 1.29 is 14.3 Å². The number of likely N-dealkylation sites (N-methyl/N-ethyl adjacent to an activating group) is 1. The quantitative estimate of drug-likeness (QED) is 0.827. The molecule has 1 N–H and O–H groups in total.